The van der Waals surface area contributed by atoms with Crippen LogP contribution in [-0.2, 0) is 4.79 Å². The first-order valence-corrected chi connectivity index (χ1v) is 6.35. The van der Waals surface area contributed by atoms with Crippen LogP contribution in [0.25, 0.3) is 0 Å². The van der Waals surface area contributed by atoms with E-state index in [-0.39, 0.29) is 18.7 Å². The van der Waals surface area contributed by atoms with Crippen molar-refractivity contribution < 1.29 is 18.0 Å². The molecule has 1 amide bonds. The number of hydrogen-bond acceptors (Lipinski definition) is 3. The Bertz CT molecular complexity index is 486. The molecule has 0 spiro atoms. The Morgan fingerprint density at radius 3 is 2.79 bits per heavy atom. The van der Waals surface area contributed by atoms with Gasteiger partial charge in [-0.1, -0.05) is 0 Å². The summed E-state index contributed by atoms with van der Waals surface area (Å²) in [4.78, 5) is 15.9. The highest BCUT2D eigenvalue weighted by Crippen LogP contribution is 2.44. The summed E-state index contributed by atoms with van der Waals surface area (Å²) in [5.74, 6) is -1.06. The van der Waals surface area contributed by atoms with Crippen LogP contribution in [0.3, 0.4) is 0 Å². The maximum atomic E-state index is 13.1. The molecule has 104 valence electrons. The molecule has 0 bridgehead atoms. The molecule has 1 fully saturated rings. The maximum Gasteiger partial charge on any atom is 0.404 e. The van der Waals surface area contributed by atoms with Gasteiger partial charge in [0.05, 0.1) is 5.69 Å². The van der Waals surface area contributed by atoms with Crippen molar-refractivity contribution in [2.75, 3.05) is 18.4 Å². The molecule has 4 nitrogen and oxygen atoms in total. The molecule has 1 aromatic rings. The fourth-order valence-corrected chi connectivity index (χ4v) is 2.33. The van der Waals surface area contributed by atoms with E-state index in [0.717, 1.165) is 0 Å². The third-order valence-corrected chi connectivity index (χ3v) is 3.77. The minimum absolute atomic E-state index is 0.168. The van der Waals surface area contributed by atoms with E-state index in [1.165, 1.54) is 18.3 Å². The van der Waals surface area contributed by atoms with Gasteiger partial charge in [-0.25, -0.2) is 4.98 Å². The van der Waals surface area contributed by atoms with E-state index in [1.54, 1.807) is 0 Å². The van der Waals surface area contributed by atoms with E-state index in [1.807, 2.05) is 0 Å². The summed E-state index contributed by atoms with van der Waals surface area (Å²) in [7, 11) is 0. The summed E-state index contributed by atoms with van der Waals surface area (Å²) in [6.07, 6.45) is -3.38. The van der Waals surface area contributed by atoms with Crippen molar-refractivity contribution >= 4 is 27.5 Å². The summed E-state index contributed by atoms with van der Waals surface area (Å²) < 4.78 is 39.7. The number of halogens is 4. The highest BCUT2D eigenvalue weighted by molar-refractivity contribution is 9.10. The van der Waals surface area contributed by atoms with Crippen molar-refractivity contribution in [3.63, 3.8) is 0 Å². The normalized spacial score (nSPS) is 23.4. The highest BCUT2D eigenvalue weighted by atomic mass is 79.9. The number of amides is 1. The van der Waals surface area contributed by atoms with Crippen molar-refractivity contribution in [1.29, 1.82) is 0 Å². The van der Waals surface area contributed by atoms with Crippen molar-refractivity contribution in [1.82, 2.24) is 10.3 Å². The van der Waals surface area contributed by atoms with Crippen molar-refractivity contribution in [3.05, 3.63) is 22.9 Å². The third kappa shape index (κ3) is 2.59. The average molecular weight is 338 g/mol. The second-order valence-electron chi connectivity index (χ2n) is 4.30. The summed E-state index contributed by atoms with van der Waals surface area (Å²) in [6, 6.07) is 3.02. The number of carbonyl (C=O) groups excluding carboxylic acids is 1. The number of carbonyl (C=O) groups is 1. The lowest BCUT2D eigenvalue weighted by atomic mass is 9.85. The smallest absolute Gasteiger partial charge is 0.323 e. The lowest BCUT2D eigenvalue weighted by Crippen LogP contribution is -2.49. The van der Waals surface area contributed by atoms with E-state index in [2.05, 4.69) is 31.5 Å². The van der Waals surface area contributed by atoms with E-state index in [0.29, 0.717) is 4.60 Å². The van der Waals surface area contributed by atoms with Gasteiger partial charge in [-0.15, -0.1) is 0 Å². The van der Waals surface area contributed by atoms with E-state index >= 15 is 0 Å². The zero-order valence-electron chi connectivity index (χ0n) is 9.72. The first kappa shape index (κ1) is 14.3. The van der Waals surface area contributed by atoms with Crippen LogP contribution in [0, 0.1) is 5.41 Å². The molecule has 2 N–H and O–H groups in total. The second-order valence-corrected chi connectivity index (χ2v) is 5.05. The number of nitrogens with one attached hydrogen (secondary N) is 2. The molecule has 8 heteroatoms. The molecule has 1 saturated heterocycles. The van der Waals surface area contributed by atoms with Gasteiger partial charge in [0.1, 0.15) is 4.60 Å². The van der Waals surface area contributed by atoms with E-state index in [4.69, 9.17) is 0 Å². The van der Waals surface area contributed by atoms with Gasteiger partial charge in [0, 0.05) is 12.7 Å². The van der Waals surface area contributed by atoms with Gasteiger partial charge in [-0.2, -0.15) is 13.2 Å². The third-order valence-electron chi connectivity index (χ3n) is 3.14. The number of aromatic nitrogens is 1. The summed E-state index contributed by atoms with van der Waals surface area (Å²) >= 11 is 3.08. The van der Waals surface area contributed by atoms with Gasteiger partial charge in [0.25, 0.3) is 0 Å². The topological polar surface area (TPSA) is 54.0 Å². The van der Waals surface area contributed by atoms with Crippen molar-refractivity contribution in [2.45, 2.75) is 12.6 Å². The Morgan fingerprint density at radius 1 is 1.53 bits per heavy atom. The first-order chi connectivity index (χ1) is 8.87. The van der Waals surface area contributed by atoms with Gasteiger partial charge in [0.15, 0.2) is 5.41 Å². The molecule has 1 aliphatic rings. The average Bonchev–Trinajstić information content (AvgIpc) is 2.82. The summed E-state index contributed by atoms with van der Waals surface area (Å²) in [5.41, 5.74) is -2.15. The Balaban J connectivity index is 2.25. The molecule has 2 rings (SSSR count). The summed E-state index contributed by atoms with van der Waals surface area (Å²) in [6.45, 7) is -0.235. The number of anilines is 1. The van der Waals surface area contributed by atoms with Gasteiger partial charge in [-0.3, -0.25) is 4.79 Å². The molecular formula is C11H11BrF3N3O. The Labute approximate surface area is 115 Å². The maximum absolute atomic E-state index is 13.1. The van der Waals surface area contributed by atoms with Gasteiger partial charge >= 0.3 is 6.18 Å². The lowest BCUT2D eigenvalue weighted by Gasteiger charge is -2.29. The van der Waals surface area contributed by atoms with Crippen LogP contribution in [0.5, 0.6) is 0 Å². The van der Waals surface area contributed by atoms with E-state index < -0.39 is 24.0 Å². The fraction of sp³-hybridized carbons (Fsp3) is 0.455. The quantitative estimate of drug-likeness (QED) is 0.814. The number of nitrogens with zero attached hydrogens (tertiary/aromatic N) is 1. The molecule has 0 saturated carbocycles. The zero-order valence-corrected chi connectivity index (χ0v) is 11.3. The van der Waals surface area contributed by atoms with Gasteiger partial charge < -0.3 is 10.6 Å². The molecule has 0 aliphatic carbocycles. The van der Waals surface area contributed by atoms with Gasteiger partial charge in [0.2, 0.25) is 5.91 Å². The molecule has 1 aromatic heterocycles. The monoisotopic (exact) mass is 337 g/mol. The Hall–Kier alpha value is -1.15. The van der Waals surface area contributed by atoms with Crippen molar-refractivity contribution in [2.24, 2.45) is 5.41 Å². The van der Waals surface area contributed by atoms with Crippen LogP contribution >= 0.6 is 15.9 Å². The number of alkyl halides is 3. The molecule has 0 aromatic carbocycles. The van der Waals surface area contributed by atoms with Crippen LogP contribution in [0.4, 0.5) is 18.9 Å². The van der Waals surface area contributed by atoms with Crippen LogP contribution < -0.4 is 10.6 Å². The van der Waals surface area contributed by atoms with Crippen molar-refractivity contribution in [3.8, 4) is 0 Å². The molecule has 2 heterocycles. The van der Waals surface area contributed by atoms with Crippen LogP contribution in [0.2, 0.25) is 0 Å². The lowest BCUT2D eigenvalue weighted by molar-refractivity contribution is -0.213. The molecule has 1 aliphatic heterocycles. The minimum Gasteiger partial charge on any atom is -0.323 e. The predicted molar refractivity (Wildman–Crippen MR) is 66.5 cm³/mol. The largest absolute Gasteiger partial charge is 0.404 e. The van der Waals surface area contributed by atoms with E-state index in [9.17, 15) is 18.0 Å². The fourth-order valence-electron chi connectivity index (χ4n) is 1.98. The molecule has 1 atom stereocenters. The number of hydrogen-bond donors (Lipinski definition) is 2. The highest BCUT2D eigenvalue weighted by Gasteiger charge is 2.61. The summed E-state index contributed by atoms with van der Waals surface area (Å²) in [5, 5.41) is 4.88. The SMILES string of the molecule is O=C(Nc1cccnc1Br)C1(C(F)(F)F)CCNC1. The first-order valence-electron chi connectivity index (χ1n) is 5.56. The number of pyridine rings is 1. The standard InChI is InChI=1S/C11H11BrF3N3O/c12-8-7(2-1-4-17-8)18-9(19)10(11(13,14)15)3-5-16-6-10/h1-2,4,16H,3,5-6H2,(H,18,19). The van der Waals surface area contributed by atoms with Crippen LogP contribution in [0.15, 0.2) is 22.9 Å². The zero-order chi connectivity index (χ0) is 14.1. The molecule has 0 radical (unpaired) electrons. The number of rotatable bonds is 2. The van der Waals surface area contributed by atoms with Gasteiger partial charge in [-0.05, 0) is 41.0 Å². The second kappa shape index (κ2) is 5.09. The Kier molecular flexibility index (Phi) is 3.82. The van der Waals surface area contributed by atoms with Crippen LogP contribution in [-0.4, -0.2) is 30.2 Å². The predicted octanol–water partition coefficient (Wildman–Crippen LogP) is 2.32. The molecule has 19 heavy (non-hydrogen) atoms. The van der Waals surface area contributed by atoms with Crippen LogP contribution in [0.1, 0.15) is 6.42 Å². The molecular weight excluding hydrogens is 327 g/mol. The molecule has 1 unspecified atom stereocenters. The Morgan fingerprint density at radius 2 is 2.26 bits per heavy atom. The minimum atomic E-state index is -4.59.